The molecule has 1 aromatic rings. The molecule has 0 radical (unpaired) electrons. The van der Waals surface area contributed by atoms with Crippen molar-refractivity contribution in [1.82, 2.24) is 0 Å². The molecule has 0 amide bonds. The molecule has 1 heteroatoms. The van der Waals surface area contributed by atoms with Gasteiger partial charge in [-0.25, -0.2) is 0 Å². The SMILES string of the molecule is CCCC[Se]C(C)c1ccccc1. The summed E-state index contributed by atoms with van der Waals surface area (Å²) in [6.45, 7) is 4.62. The molecule has 0 N–H and O–H groups in total. The minimum atomic E-state index is 0.789. The molecular formula is C12H18Se. The van der Waals surface area contributed by atoms with Crippen molar-refractivity contribution >= 4 is 15.0 Å². The summed E-state index contributed by atoms with van der Waals surface area (Å²) >= 11 is 0.789. The summed E-state index contributed by atoms with van der Waals surface area (Å²) in [5.41, 5.74) is 1.51. The van der Waals surface area contributed by atoms with Gasteiger partial charge in [-0.3, -0.25) is 0 Å². The molecule has 0 heterocycles. The van der Waals surface area contributed by atoms with Crippen molar-refractivity contribution in [2.75, 3.05) is 0 Å². The number of benzene rings is 1. The maximum atomic E-state index is 2.35. The summed E-state index contributed by atoms with van der Waals surface area (Å²) < 4.78 is 0. The third-order valence-corrected chi connectivity index (χ3v) is 4.85. The molecule has 0 fully saturated rings. The summed E-state index contributed by atoms with van der Waals surface area (Å²) in [7, 11) is 0. The quantitative estimate of drug-likeness (QED) is 0.545. The molecule has 1 aromatic carbocycles. The summed E-state index contributed by atoms with van der Waals surface area (Å²) in [6.07, 6.45) is 2.74. The Morgan fingerprint density at radius 3 is 2.54 bits per heavy atom. The molecule has 1 rings (SSSR count). The molecule has 1 atom stereocenters. The predicted octanol–water partition coefficient (Wildman–Crippen LogP) is 3.67. The van der Waals surface area contributed by atoms with Gasteiger partial charge in [0.05, 0.1) is 0 Å². The van der Waals surface area contributed by atoms with E-state index in [0.717, 1.165) is 19.8 Å². The Labute approximate surface area is 87.9 Å². The van der Waals surface area contributed by atoms with Crippen LogP contribution in [0.4, 0.5) is 0 Å². The minimum absolute atomic E-state index is 0.789. The topological polar surface area (TPSA) is 0 Å². The van der Waals surface area contributed by atoms with Crippen LogP contribution in [0.15, 0.2) is 30.3 Å². The van der Waals surface area contributed by atoms with E-state index in [2.05, 4.69) is 44.2 Å². The Hall–Kier alpha value is -0.261. The van der Waals surface area contributed by atoms with Crippen LogP contribution in [0.25, 0.3) is 0 Å². The Morgan fingerprint density at radius 1 is 1.23 bits per heavy atom. The van der Waals surface area contributed by atoms with Crippen LogP contribution in [-0.4, -0.2) is 15.0 Å². The van der Waals surface area contributed by atoms with Gasteiger partial charge in [0.1, 0.15) is 0 Å². The summed E-state index contributed by atoms with van der Waals surface area (Å²) in [4.78, 5) is 0.792. The zero-order chi connectivity index (χ0) is 9.52. The normalized spacial score (nSPS) is 12.8. The van der Waals surface area contributed by atoms with Crippen LogP contribution >= 0.6 is 0 Å². The van der Waals surface area contributed by atoms with Crippen LogP contribution in [0, 0.1) is 0 Å². The van der Waals surface area contributed by atoms with Crippen LogP contribution in [-0.2, 0) is 0 Å². The van der Waals surface area contributed by atoms with Crippen LogP contribution in [0.5, 0.6) is 0 Å². The summed E-state index contributed by atoms with van der Waals surface area (Å²) in [6, 6.07) is 10.9. The van der Waals surface area contributed by atoms with E-state index in [-0.39, 0.29) is 0 Å². The second kappa shape index (κ2) is 6.23. The van der Waals surface area contributed by atoms with Crippen LogP contribution < -0.4 is 0 Å². The molecule has 13 heavy (non-hydrogen) atoms. The average Bonchev–Trinajstić information content (AvgIpc) is 2.19. The second-order valence-electron chi connectivity index (χ2n) is 3.28. The molecule has 0 saturated carbocycles. The standard InChI is InChI=1S/C12H18Se/c1-3-4-10-13-11(2)12-8-6-5-7-9-12/h5-9,11H,3-4,10H2,1-2H3. The summed E-state index contributed by atoms with van der Waals surface area (Å²) in [5, 5.41) is 1.43. The molecular weight excluding hydrogens is 223 g/mol. The van der Waals surface area contributed by atoms with Crippen LogP contribution in [0.3, 0.4) is 0 Å². The summed E-state index contributed by atoms with van der Waals surface area (Å²) in [5.74, 6) is 0. The zero-order valence-electron chi connectivity index (χ0n) is 8.49. The van der Waals surface area contributed by atoms with Gasteiger partial charge in [-0.2, -0.15) is 0 Å². The van der Waals surface area contributed by atoms with Gasteiger partial charge >= 0.3 is 87.7 Å². The van der Waals surface area contributed by atoms with Crippen molar-refractivity contribution < 1.29 is 0 Å². The Kier molecular flexibility index (Phi) is 5.19. The van der Waals surface area contributed by atoms with Crippen LogP contribution in [0.2, 0.25) is 5.32 Å². The first-order valence-electron chi connectivity index (χ1n) is 5.01. The first-order valence-corrected chi connectivity index (χ1v) is 7.21. The van der Waals surface area contributed by atoms with Gasteiger partial charge in [-0.1, -0.05) is 0 Å². The van der Waals surface area contributed by atoms with E-state index in [9.17, 15) is 0 Å². The zero-order valence-corrected chi connectivity index (χ0v) is 10.2. The number of rotatable bonds is 5. The van der Waals surface area contributed by atoms with Gasteiger partial charge in [-0.15, -0.1) is 0 Å². The van der Waals surface area contributed by atoms with E-state index < -0.39 is 0 Å². The fraction of sp³-hybridized carbons (Fsp3) is 0.500. The predicted molar refractivity (Wildman–Crippen MR) is 60.3 cm³/mol. The number of unbranched alkanes of at least 4 members (excludes halogenated alkanes) is 1. The Balaban J connectivity index is 2.35. The van der Waals surface area contributed by atoms with Crippen molar-refractivity contribution in [3.05, 3.63) is 35.9 Å². The fourth-order valence-corrected chi connectivity index (χ4v) is 3.66. The molecule has 0 bridgehead atoms. The Bertz CT molecular complexity index is 218. The van der Waals surface area contributed by atoms with E-state index in [4.69, 9.17) is 0 Å². The molecule has 0 saturated heterocycles. The van der Waals surface area contributed by atoms with Gasteiger partial charge in [0.25, 0.3) is 0 Å². The molecule has 0 aliphatic heterocycles. The van der Waals surface area contributed by atoms with Gasteiger partial charge in [0.2, 0.25) is 0 Å². The van der Waals surface area contributed by atoms with Gasteiger partial charge < -0.3 is 0 Å². The first-order chi connectivity index (χ1) is 6.34. The second-order valence-corrected chi connectivity index (χ2v) is 6.32. The van der Waals surface area contributed by atoms with E-state index in [1.807, 2.05) is 0 Å². The van der Waals surface area contributed by atoms with Gasteiger partial charge in [-0.05, 0) is 0 Å². The van der Waals surface area contributed by atoms with E-state index in [1.54, 1.807) is 0 Å². The van der Waals surface area contributed by atoms with Crippen molar-refractivity contribution in [3.8, 4) is 0 Å². The molecule has 72 valence electrons. The molecule has 0 nitrogen and oxygen atoms in total. The van der Waals surface area contributed by atoms with Crippen molar-refractivity contribution in [2.45, 2.75) is 36.8 Å². The molecule has 0 aliphatic rings. The Morgan fingerprint density at radius 2 is 1.92 bits per heavy atom. The van der Waals surface area contributed by atoms with E-state index in [0.29, 0.717) is 0 Å². The van der Waals surface area contributed by atoms with Crippen molar-refractivity contribution in [1.29, 1.82) is 0 Å². The van der Waals surface area contributed by atoms with Gasteiger partial charge in [0.15, 0.2) is 0 Å². The molecule has 0 aromatic heterocycles. The maximum absolute atomic E-state index is 2.35. The monoisotopic (exact) mass is 242 g/mol. The fourth-order valence-electron chi connectivity index (χ4n) is 1.22. The van der Waals surface area contributed by atoms with E-state index in [1.165, 1.54) is 23.7 Å². The number of hydrogen-bond acceptors (Lipinski definition) is 0. The molecule has 1 unspecified atom stereocenters. The number of hydrogen-bond donors (Lipinski definition) is 0. The van der Waals surface area contributed by atoms with Crippen molar-refractivity contribution in [2.24, 2.45) is 0 Å². The molecule has 0 spiro atoms. The average molecular weight is 241 g/mol. The third kappa shape index (κ3) is 3.97. The first kappa shape index (κ1) is 10.8. The van der Waals surface area contributed by atoms with E-state index >= 15 is 0 Å². The van der Waals surface area contributed by atoms with Crippen LogP contribution in [0.1, 0.15) is 37.1 Å². The molecule has 0 aliphatic carbocycles. The van der Waals surface area contributed by atoms with Gasteiger partial charge in [0, 0.05) is 0 Å². The third-order valence-electron chi connectivity index (χ3n) is 2.13. The van der Waals surface area contributed by atoms with Crippen molar-refractivity contribution in [3.63, 3.8) is 0 Å².